The van der Waals surface area contributed by atoms with E-state index in [9.17, 15) is 9.59 Å². The third-order valence-electron chi connectivity index (χ3n) is 3.77. The third kappa shape index (κ3) is 2.37. The van der Waals surface area contributed by atoms with Crippen LogP contribution >= 0.6 is 0 Å². The molecular formula is C15H16N2O3. The van der Waals surface area contributed by atoms with E-state index in [4.69, 9.17) is 5.26 Å². The lowest BCUT2D eigenvalue weighted by Gasteiger charge is -2.26. The van der Waals surface area contributed by atoms with Gasteiger partial charge in [-0.1, -0.05) is 18.2 Å². The van der Waals surface area contributed by atoms with Gasteiger partial charge in [0.05, 0.1) is 18.6 Å². The molecule has 1 unspecified atom stereocenters. The quantitative estimate of drug-likeness (QED) is 0.833. The number of carbonyl (C=O) groups excluding carboxylic acids is 2. The molecule has 1 heterocycles. The van der Waals surface area contributed by atoms with Gasteiger partial charge in [0.15, 0.2) is 0 Å². The summed E-state index contributed by atoms with van der Waals surface area (Å²) in [7, 11) is 1.33. The summed E-state index contributed by atoms with van der Waals surface area (Å²) in [5, 5.41) is 11.7. The second-order valence-electron chi connectivity index (χ2n) is 4.82. The Labute approximate surface area is 117 Å². The molecule has 1 amide bonds. The van der Waals surface area contributed by atoms with Gasteiger partial charge in [-0.25, -0.2) is 0 Å². The summed E-state index contributed by atoms with van der Waals surface area (Å²) in [6, 6.07) is 9.49. The van der Waals surface area contributed by atoms with Gasteiger partial charge in [-0.2, -0.15) is 5.26 Å². The molecule has 1 aromatic rings. The van der Waals surface area contributed by atoms with E-state index in [1.165, 1.54) is 7.11 Å². The number of methoxy groups -OCH3 is 1. The highest BCUT2D eigenvalue weighted by Crippen LogP contribution is 2.44. The van der Waals surface area contributed by atoms with Crippen molar-refractivity contribution in [3.05, 3.63) is 29.8 Å². The first-order valence-corrected chi connectivity index (χ1v) is 6.49. The summed E-state index contributed by atoms with van der Waals surface area (Å²) >= 11 is 0. The summed E-state index contributed by atoms with van der Waals surface area (Å²) in [5.74, 6) is -0.489. The zero-order valence-corrected chi connectivity index (χ0v) is 11.3. The van der Waals surface area contributed by atoms with Gasteiger partial charge < -0.3 is 10.1 Å². The number of amides is 1. The maximum atomic E-state index is 12.4. The van der Waals surface area contributed by atoms with Crippen LogP contribution in [-0.2, 0) is 19.7 Å². The van der Waals surface area contributed by atoms with E-state index in [-0.39, 0.29) is 24.7 Å². The molecule has 0 aromatic heterocycles. The number of fused-ring (bicyclic) bond motifs is 1. The summed E-state index contributed by atoms with van der Waals surface area (Å²) in [5.41, 5.74) is 0.824. The molecule has 20 heavy (non-hydrogen) atoms. The van der Waals surface area contributed by atoms with Gasteiger partial charge in [0.2, 0.25) is 5.91 Å². The summed E-state index contributed by atoms with van der Waals surface area (Å²) < 4.78 is 4.65. The van der Waals surface area contributed by atoms with Crippen LogP contribution in [0.4, 0.5) is 5.69 Å². The second kappa shape index (κ2) is 5.74. The minimum Gasteiger partial charge on any atom is -0.469 e. The van der Waals surface area contributed by atoms with Gasteiger partial charge in [0.1, 0.15) is 0 Å². The number of nitrogens with zero attached hydrogens (tertiary/aromatic N) is 1. The Balaban J connectivity index is 2.34. The van der Waals surface area contributed by atoms with Gasteiger partial charge in [-0.15, -0.1) is 0 Å². The van der Waals surface area contributed by atoms with Crippen molar-refractivity contribution < 1.29 is 14.3 Å². The number of nitrogens with one attached hydrogen (secondary N) is 1. The van der Waals surface area contributed by atoms with Crippen LogP contribution in [0.2, 0.25) is 0 Å². The zero-order valence-electron chi connectivity index (χ0n) is 11.3. The normalized spacial score (nSPS) is 19.9. The first-order chi connectivity index (χ1) is 9.64. The van der Waals surface area contributed by atoms with Crippen molar-refractivity contribution >= 4 is 17.6 Å². The number of hydrogen-bond donors (Lipinski definition) is 1. The number of nitriles is 1. The van der Waals surface area contributed by atoms with Crippen LogP contribution in [0.5, 0.6) is 0 Å². The number of ether oxygens (including phenoxy) is 1. The van der Waals surface area contributed by atoms with Crippen molar-refractivity contribution in [2.45, 2.75) is 31.1 Å². The Morgan fingerprint density at radius 1 is 1.40 bits per heavy atom. The van der Waals surface area contributed by atoms with Crippen molar-refractivity contribution in [1.82, 2.24) is 0 Å². The molecule has 0 saturated carbocycles. The Hall–Kier alpha value is -2.35. The topological polar surface area (TPSA) is 79.2 Å². The van der Waals surface area contributed by atoms with E-state index in [1.807, 2.05) is 24.3 Å². The Morgan fingerprint density at radius 2 is 2.15 bits per heavy atom. The lowest BCUT2D eigenvalue weighted by atomic mass is 9.74. The fourth-order valence-corrected chi connectivity index (χ4v) is 2.68. The van der Waals surface area contributed by atoms with Crippen LogP contribution in [0.1, 0.15) is 31.2 Å². The average Bonchev–Trinajstić information content (AvgIpc) is 2.75. The number of rotatable bonds is 5. The predicted octanol–water partition coefficient (Wildman–Crippen LogP) is 2.13. The zero-order chi connectivity index (χ0) is 14.6. The Kier molecular flexibility index (Phi) is 4.04. The number of benzene rings is 1. The van der Waals surface area contributed by atoms with E-state index < -0.39 is 5.41 Å². The molecule has 5 nitrogen and oxygen atoms in total. The minimum absolute atomic E-state index is 0.141. The van der Waals surface area contributed by atoms with Gasteiger partial charge in [0.25, 0.3) is 0 Å². The molecule has 5 heteroatoms. The molecule has 2 rings (SSSR count). The summed E-state index contributed by atoms with van der Waals surface area (Å²) in [4.78, 5) is 23.8. The van der Waals surface area contributed by atoms with E-state index in [0.717, 1.165) is 11.3 Å². The van der Waals surface area contributed by atoms with Crippen LogP contribution in [0.25, 0.3) is 0 Å². The van der Waals surface area contributed by atoms with E-state index in [0.29, 0.717) is 12.8 Å². The summed E-state index contributed by atoms with van der Waals surface area (Å²) in [6.07, 6.45) is 1.18. The Morgan fingerprint density at radius 3 is 2.85 bits per heavy atom. The molecule has 1 aromatic carbocycles. The molecule has 0 spiro atoms. The monoisotopic (exact) mass is 272 g/mol. The average molecular weight is 272 g/mol. The highest BCUT2D eigenvalue weighted by Gasteiger charge is 2.46. The molecule has 0 bridgehead atoms. The first-order valence-electron chi connectivity index (χ1n) is 6.49. The number of hydrogen-bond acceptors (Lipinski definition) is 4. The fraction of sp³-hybridized carbons (Fsp3) is 0.400. The fourth-order valence-electron chi connectivity index (χ4n) is 2.68. The van der Waals surface area contributed by atoms with Gasteiger partial charge >= 0.3 is 5.97 Å². The molecule has 0 aliphatic carbocycles. The van der Waals surface area contributed by atoms with Gasteiger partial charge in [0, 0.05) is 18.5 Å². The minimum atomic E-state index is -0.805. The van der Waals surface area contributed by atoms with Crippen molar-refractivity contribution in [3.8, 4) is 6.07 Å². The smallest absolute Gasteiger partial charge is 0.305 e. The van der Waals surface area contributed by atoms with Crippen LogP contribution in [0, 0.1) is 11.3 Å². The lowest BCUT2D eigenvalue weighted by Crippen LogP contribution is -2.35. The molecule has 1 atom stereocenters. The van der Waals surface area contributed by atoms with Crippen molar-refractivity contribution in [2.24, 2.45) is 0 Å². The van der Waals surface area contributed by atoms with Crippen LogP contribution in [0.3, 0.4) is 0 Å². The van der Waals surface area contributed by atoms with Crippen molar-refractivity contribution in [2.75, 3.05) is 12.4 Å². The number of carbonyl (C=O) groups is 2. The van der Waals surface area contributed by atoms with Crippen LogP contribution < -0.4 is 5.32 Å². The molecule has 0 fully saturated rings. The van der Waals surface area contributed by atoms with Gasteiger partial charge in [-0.3, -0.25) is 9.59 Å². The van der Waals surface area contributed by atoms with Crippen molar-refractivity contribution in [1.29, 1.82) is 5.26 Å². The van der Waals surface area contributed by atoms with Crippen molar-refractivity contribution in [3.63, 3.8) is 0 Å². The van der Waals surface area contributed by atoms with E-state index in [2.05, 4.69) is 16.1 Å². The molecule has 0 radical (unpaired) electrons. The number of para-hydroxylation sites is 1. The SMILES string of the molecule is COC(=O)CCC1(CCC#N)C(=O)Nc2ccccc21. The van der Waals surface area contributed by atoms with Crippen LogP contribution in [-0.4, -0.2) is 19.0 Å². The van der Waals surface area contributed by atoms with E-state index >= 15 is 0 Å². The standard InChI is InChI=1S/C15H16N2O3/c1-20-13(18)7-9-15(8-4-10-16)11-5-2-3-6-12(11)17-14(15)19/h2-3,5-6H,4,7-9H2,1H3,(H,17,19). The molecule has 104 valence electrons. The second-order valence-corrected chi connectivity index (χ2v) is 4.82. The van der Waals surface area contributed by atoms with Crippen LogP contribution in [0.15, 0.2) is 24.3 Å². The molecular weight excluding hydrogens is 256 g/mol. The number of anilines is 1. The molecule has 0 saturated heterocycles. The molecule has 1 aliphatic heterocycles. The molecule has 1 N–H and O–H groups in total. The third-order valence-corrected chi connectivity index (χ3v) is 3.77. The van der Waals surface area contributed by atoms with Gasteiger partial charge in [-0.05, 0) is 24.5 Å². The maximum Gasteiger partial charge on any atom is 0.305 e. The lowest BCUT2D eigenvalue weighted by molar-refractivity contribution is -0.141. The predicted molar refractivity (Wildman–Crippen MR) is 72.8 cm³/mol. The largest absolute Gasteiger partial charge is 0.469 e. The Bertz CT molecular complexity index is 577. The first kappa shape index (κ1) is 14.1. The molecule has 1 aliphatic rings. The number of esters is 1. The highest BCUT2D eigenvalue weighted by atomic mass is 16.5. The maximum absolute atomic E-state index is 12.4. The highest BCUT2D eigenvalue weighted by molar-refractivity contribution is 6.06. The summed E-state index contributed by atoms with van der Waals surface area (Å²) in [6.45, 7) is 0. The van der Waals surface area contributed by atoms with E-state index in [1.54, 1.807) is 0 Å².